The van der Waals surface area contributed by atoms with Crippen LogP contribution in [0.2, 0.25) is 0 Å². The molecule has 29 heavy (non-hydrogen) atoms. The minimum absolute atomic E-state index is 0.0363. The highest BCUT2D eigenvalue weighted by Crippen LogP contribution is 2.40. The Morgan fingerprint density at radius 1 is 1.10 bits per heavy atom. The molecular formula is C24H32N2O3. The second kappa shape index (κ2) is 9.31. The lowest BCUT2D eigenvalue weighted by Gasteiger charge is -2.41. The monoisotopic (exact) mass is 396 g/mol. The summed E-state index contributed by atoms with van der Waals surface area (Å²) in [6.07, 6.45) is 0.934. The molecule has 0 spiro atoms. The van der Waals surface area contributed by atoms with Gasteiger partial charge in [-0.15, -0.1) is 0 Å². The number of ether oxygens (including phenoxy) is 2. The van der Waals surface area contributed by atoms with Crippen molar-refractivity contribution in [3.63, 3.8) is 0 Å². The Hall–Kier alpha value is -2.53. The van der Waals surface area contributed by atoms with E-state index >= 15 is 0 Å². The molecule has 0 aromatic heterocycles. The number of benzene rings is 2. The summed E-state index contributed by atoms with van der Waals surface area (Å²) < 4.78 is 11.1. The number of nitrogens with one attached hydrogen (secondary N) is 1. The van der Waals surface area contributed by atoms with Crippen molar-refractivity contribution in [1.29, 1.82) is 0 Å². The molecule has 1 aliphatic rings. The van der Waals surface area contributed by atoms with Crippen LogP contribution in [0, 0.1) is 5.92 Å². The fourth-order valence-corrected chi connectivity index (χ4v) is 4.08. The number of carbonyl (C=O) groups is 1. The van der Waals surface area contributed by atoms with E-state index in [4.69, 9.17) is 9.47 Å². The number of hydrogen-bond donors (Lipinski definition) is 1. The van der Waals surface area contributed by atoms with Crippen LogP contribution in [-0.2, 0) is 17.8 Å². The normalized spacial score (nSPS) is 17.5. The van der Waals surface area contributed by atoms with Crippen LogP contribution >= 0.6 is 0 Å². The average Bonchev–Trinajstić information content (AvgIpc) is 2.72. The van der Waals surface area contributed by atoms with Crippen LogP contribution in [0.25, 0.3) is 0 Å². The zero-order valence-corrected chi connectivity index (χ0v) is 18.1. The third-order valence-electron chi connectivity index (χ3n) is 5.62. The predicted molar refractivity (Wildman–Crippen MR) is 115 cm³/mol. The largest absolute Gasteiger partial charge is 0.493 e. The summed E-state index contributed by atoms with van der Waals surface area (Å²) in [4.78, 5) is 14.9. The predicted octanol–water partition coefficient (Wildman–Crippen LogP) is 3.96. The van der Waals surface area contributed by atoms with Gasteiger partial charge in [0.25, 0.3) is 0 Å². The first-order chi connectivity index (χ1) is 13.9. The van der Waals surface area contributed by atoms with Crippen molar-refractivity contribution < 1.29 is 14.3 Å². The first kappa shape index (κ1) is 21.2. The van der Waals surface area contributed by atoms with E-state index < -0.39 is 0 Å². The molecule has 2 aromatic carbocycles. The number of hydrogen-bond acceptors (Lipinski definition) is 4. The first-order valence-electron chi connectivity index (χ1n) is 10.3. The summed E-state index contributed by atoms with van der Waals surface area (Å²) in [6.45, 7) is 7.69. The summed E-state index contributed by atoms with van der Waals surface area (Å²) in [5.41, 5.74) is 3.72. The van der Waals surface area contributed by atoms with Crippen molar-refractivity contribution in [3.8, 4) is 11.5 Å². The van der Waals surface area contributed by atoms with E-state index in [-0.39, 0.29) is 23.9 Å². The van der Waals surface area contributed by atoms with Gasteiger partial charge in [0, 0.05) is 25.0 Å². The molecule has 1 aliphatic heterocycles. The summed E-state index contributed by atoms with van der Waals surface area (Å²) in [6, 6.07) is 14.7. The highest BCUT2D eigenvalue weighted by atomic mass is 16.5. The summed E-state index contributed by atoms with van der Waals surface area (Å²) >= 11 is 0. The first-order valence-corrected chi connectivity index (χ1v) is 10.3. The van der Waals surface area contributed by atoms with Gasteiger partial charge in [0.15, 0.2) is 11.5 Å². The fraction of sp³-hybridized carbons (Fsp3) is 0.458. The molecule has 0 radical (unpaired) electrons. The Kier molecular flexibility index (Phi) is 6.80. The number of amides is 1. The van der Waals surface area contributed by atoms with Crippen molar-refractivity contribution in [1.82, 2.24) is 10.2 Å². The van der Waals surface area contributed by atoms with Crippen LogP contribution in [0.3, 0.4) is 0 Å². The van der Waals surface area contributed by atoms with E-state index in [0.717, 1.165) is 31.0 Å². The molecule has 5 nitrogen and oxygen atoms in total. The van der Waals surface area contributed by atoms with Gasteiger partial charge in [0.1, 0.15) is 0 Å². The van der Waals surface area contributed by atoms with Gasteiger partial charge < -0.3 is 14.8 Å². The second-order valence-corrected chi connectivity index (χ2v) is 8.01. The Bertz CT molecular complexity index is 836. The van der Waals surface area contributed by atoms with E-state index in [0.29, 0.717) is 0 Å². The van der Waals surface area contributed by atoms with Gasteiger partial charge in [-0.2, -0.15) is 0 Å². The molecule has 3 rings (SSSR count). The minimum Gasteiger partial charge on any atom is -0.493 e. The minimum atomic E-state index is -0.0477. The second-order valence-electron chi connectivity index (χ2n) is 8.01. The molecule has 0 unspecified atom stereocenters. The fourth-order valence-electron chi connectivity index (χ4n) is 4.08. The van der Waals surface area contributed by atoms with Gasteiger partial charge in [-0.3, -0.25) is 9.69 Å². The van der Waals surface area contributed by atoms with Crippen LogP contribution in [0.4, 0.5) is 0 Å². The standard InChI is InChI=1S/C24H32N2O3/c1-16(2)24(27)25-17(3)23-20-14-22(29-5)21(28-4)13-19(20)11-12-26(23)15-18-9-7-6-8-10-18/h6-10,13-14,16-17,23H,11-12,15H2,1-5H3,(H,25,27)/t17-,23-/m0/s1. The van der Waals surface area contributed by atoms with Crippen molar-refractivity contribution in [3.05, 3.63) is 59.2 Å². The molecule has 0 bridgehead atoms. The molecule has 5 heteroatoms. The zero-order chi connectivity index (χ0) is 21.0. The van der Waals surface area contributed by atoms with Gasteiger partial charge in [-0.05, 0) is 42.2 Å². The number of fused-ring (bicyclic) bond motifs is 1. The molecule has 0 aliphatic carbocycles. The van der Waals surface area contributed by atoms with E-state index in [1.807, 2.05) is 19.9 Å². The maximum atomic E-state index is 12.4. The van der Waals surface area contributed by atoms with E-state index in [2.05, 4.69) is 53.5 Å². The molecule has 0 saturated heterocycles. The highest BCUT2D eigenvalue weighted by Gasteiger charge is 2.34. The molecule has 1 N–H and O–H groups in total. The Morgan fingerprint density at radius 3 is 2.38 bits per heavy atom. The number of carbonyl (C=O) groups excluding carboxylic acids is 1. The highest BCUT2D eigenvalue weighted by molar-refractivity contribution is 5.78. The van der Waals surface area contributed by atoms with E-state index in [1.54, 1.807) is 14.2 Å². The molecule has 1 heterocycles. The smallest absolute Gasteiger partial charge is 0.222 e. The van der Waals surface area contributed by atoms with Crippen LogP contribution in [0.15, 0.2) is 42.5 Å². The van der Waals surface area contributed by atoms with Crippen LogP contribution in [-0.4, -0.2) is 37.6 Å². The lowest BCUT2D eigenvalue weighted by Crippen LogP contribution is -2.48. The van der Waals surface area contributed by atoms with Crippen molar-refractivity contribution in [2.75, 3.05) is 20.8 Å². The van der Waals surface area contributed by atoms with Gasteiger partial charge in [-0.1, -0.05) is 44.2 Å². The van der Waals surface area contributed by atoms with Crippen molar-refractivity contribution in [2.24, 2.45) is 5.92 Å². The van der Waals surface area contributed by atoms with Gasteiger partial charge in [0.2, 0.25) is 5.91 Å². The van der Waals surface area contributed by atoms with Gasteiger partial charge >= 0.3 is 0 Å². The van der Waals surface area contributed by atoms with Crippen LogP contribution in [0.5, 0.6) is 11.5 Å². The molecule has 0 fully saturated rings. The molecular weight excluding hydrogens is 364 g/mol. The zero-order valence-electron chi connectivity index (χ0n) is 18.1. The average molecular weight is 397 g/mol. The maximum absolute atomic E-state index is 12.4. The molecule has 2 atom stereocenters. The summed E-state index contributed by atoms with van der Waals surface area (Å²) in [5, 5.41) is 3.22. The quantitative estimate of drug-likeness (QED) is 0.770. The van der Waals surface area contributed by atoms with Crippen LogP contribution in [0.1, 0.15) is 43.5 Å². The number of methoxy groups -OCH3 is 2. The lowest BCUT2D eigenvalue weighted by molar-refractivity contribution is -0.125. The Balaban J connectivity index is 1.98. The van der Waals surface area contributed by atoms with Crippen molar-refractivity contribution in [2.45, 2.75) is 45.8 Å². The summed E-state index contributed by atoms with van der Waals surface area (Å²) in [5.74, 6) is 1.50. The SMILES string of the molecule is COc1cc2c(cc1OC)[C@H]([C@H](C)NC(=O)C(C)C)N(Cc1ccccc1)CC2. The molecule has 0 saturated carbocycles. The van der Waals surface area contributed by atoms with Gasteiger partial charge in [-0.25, -0.2) is 0 Å². The lowest BCUT2D eigenvalue weighted by atomic mass is 9.87. The number of nitrogens with zero attached hydrogens (tertiary/aromatic N) is 1. The van der Waals surface area contributed by atoms with Crippen molar-refractivity contribution >= 4 is 5.91 Å². The molecule has 156 valence electrons. The van der Waals surface area contributed by atoms with E-state index in [9.17, 15) is 4.79 Å². The molecule has 1 amide bonds. The Morgan fingerprint density at radius 2 is 1.76 bits per heavy atom. The maximum Gasteiger partial charge on any atom is 0.222 e. The van der Waals surface area contributed by atoms with Gasteiger partial charge in [0.05, 0.1) is 20.3 Å². The third kappa shape index (κ3) is 4.73. The molecule has 2 aromatic rings. The van der Waals surface area contributed by atoms with E-state index in [1.165, 1.54) is 16.7 Å². The topological polar surface area (TPSA) is 50.8 Å². The third-order valence-corrected chi connectivity index (χ3v) is 5.62. The Labute approximate surface area is 174 Å². The van der Waals surface area contributed by atoms with Crippen LogP contribution < -0.4 is 14.8 Å². The number of rotatable bonds is 7. The summed E-state index contributed by atoms with van der Waals surface area (Å²) in [7, 11) is 3.32.